The Morgan fingerprint density at radius 3 is 2.71 bits per heavy atom. The molecule has 1 aliphatic heterocycles. The standard InChI is InChI=1S/C27H31N5O2/c1-4-21(33)32-14-12-27(13-15-32)10-8-18(9-11-27)24-22(19-6-5-7-20(16-19)34-3)23-25(28)29-17-30-26(23)31(24)2/h4-8,16-17H,1,9-15H2,2-3H3,(H2,28,29,30). The average molecular weight is 458 g/mol. The number of methoxy groups -OCH3 is 1. The van der Waals surface area contributed by atoms with Crippen molar-refractivity contribution >= 4 is 28.3 Å². The van der Waals surface area contributed by atoms with E-state index < -0.39 is 0 Å². The Hall–Kier alpha value is -3.61. The summed E-state index contributed by atoms with van der Waals surface area (Å²) in [6.45, 7) is 5.25. The number of fused-ring (bicyclic) bond motifs is 1. The van der Waals surface area contributed by atoms with Gasteiger partial charge >= 0.3 is 0 Å². The Morgan fingerprint density at radius 1 is 1.24 bits per heavy atom. The molecule has 34 heavy (non-hydrogen) atoms. The number of amides is 1. The Labute approximate surface area is 199 Å². The molecule has 0 radical (unpaired) electrons. The smallest absolute Gasteiger partial charge is 0.245 e. The van der Waals surface area contributed by atoms with Gasteiger partial charge in [0, 0.05) is 25.7 Å². The number of carbonyl (C=O) groups excluding carboxylic acids is 1. The van der Waals surface area contributed by atoms with Crippen molar-refractivity contribution in [3.8, 4) is 16.9 Å². The van der Waals surface area contributed by atoms with Crippen LogP contribution in [0.4, 0.5) is 5.82 Å². The maximum atomic E-state index is 12.0. The van der Waals surface area contributed by atoms with E-state index in [0.29, 0.717) is 5.82 Å². The van der Waals surface area contributed by atoms with Crippen LogP contribution in [0.1, 0.15) is 37.8 Å². The van der Waals surface area contributed by atoms with Crippen molar-refractivity contribution in [2.75, 3.05) is 25.9 Å². The van der Waals surface area contributed by atoms with Crippen molar-refractivity contribution in [1.29, 1.82) is 0 Å². The van der Waals surface area contributed by atoms with Crippen LogP contribution in [0.25, 0.3) is 27.7 Å². The zero-order valence-electron chi connectivity index (χ0n) is 19.9. The first-order valence-corrected chi connectivity index (χ1v) is 11.8. The number of nitrogens with zero attached hydrogens (tertiary/aromatic N) is 4. The molecule has 1 aromatic carbocycles. The predicted octanol–water partition coefficient (Wildman–Crippen LogP) is 4.59. The van der Waals surface area contributed by atoms with Gasteiger partial charge in [-0.3, -0.25) is 4.79 Å². The van der Waals surface area contributed by atoms with Gasteiger partial charge in [-0.15, -0.1) is 0 Å². The minimum atomic E-state index is 0.0408. The maximum Gasteiger partial charge on any atom is 0.245 e. The molecule has 1 fully saturated rings. The lowest BCUT2D eigenvalue weighted by Crippen LogP contribution is -2.43. The van der Waals surface area contributed by atoms with E-state index in [-0.39, 0.29) is 11.3 Å². The number of anilines is 1. The van der Waals surface area contributed by atoms with Gasteiger partial charge in [-0.2, -0.15) is 0 Å². The van der Waals surface area contributed by atoms with E-state index >= 15 is 0 Å². The molecule has 2 N–H and O–H groups in total. The summed E-state index contributed by atoms with van der Waals surface area (Å²) < 4.78 is 7.65. The van der Waals surface area contributed by atoms with Crippen molar-refractivity contribution in [2.24, 2.45) is 12.5 Å². The topological polar surface area (TPSA) is 86.3 Å². The van der Waals surface area contributed by atoms with E-state index in [4.69, 9.17) is 10.5 Å². The molecule has 0 saturated carbocycles. The number of benzene rings is 1. The number of ether oxygens (including phenoxy) is 1. The van der Waals surface area contributed by atoms with Gasteiger partial charge in [-0.25, -0.2) is 9.97 Å². The molecule has 3 heterocycles. The molecule has 3 aromatic rings. The molecular weight excluding hydrogens is 426 g/mol. The van der Waals surface area contributed by atoms with Crippen molar-refractivity contribution in [2.45, 2.75) is 32.1 Å². The lowest BCUT2D eigenvalue weighted by Gasteiger charge is -2.43. The highest BCUT2D eigenvalue weighted by atomic mass is 16.5. The van der Waals surface area contributed by atoms with E-state index in [1.54, 1.807) is 7.11 Å². The van der Waals surface area contributed by atoms with E-state index in [1.165, 1.54) is 18.0 Å². The number of carbonyl (C=O) groups is 1. The summed E-state index contributed by atoms with van der Waals surface area (Å²) in [7, 11) is 3.73. The van der Waals surface area contributed by atoms with Crippen LogP contribution in [0.5, 0.6) is 5.75 Å². The molecule has 0 unspecified atom stereocenters. The molecular formula is C27H31N5O2. The first-order valence-electron chi connectivity index (χ1n) is 11.8. The monoisotopic (exact) mass is 457 g/mol. The molecule has 1 saturated heterocycles. The molecule has 7 heteroatoms. The number of hydrogen-bond acceptors (Lipinski definition) is 5. The summed E-state index contributed by atoms with van der Waals surface area (Å²) >= 11 is 0. The first-order chi connectivity index (χ1) is 16.5. The molecule has 0 bridgehead atoms. The van der Waals surface area contributed by atoms with Crippen LogP contribution in [0.2, 0.25) is 0 Å². The summed E-state index contributed by atoms with van der Waals surface area (Å²) in [6, 6.07) is 8.08. The minimum Gasteiger partial charge on any atom is -0.497 e. The molecule has 2 aromatic heterocycles. The van der Waals surface area contributed by atoms with Crippen LogP contribution in [-0.4, -0.2) is 45.5 Å². The number of allylic oxidation sites excluding steroid dienone is 2. The van der Waals surface area contributed by atoms with Crippen LogP contribution < -0.4 is 10.5 Å². The van der Waals surface area contributed by atoms with Gasteiger partial charge < -0.3 is 19.9 Å². The van der Waals surface area contributed by atoms with Crippen LogP contribution in [-0.2, 0) is 11.8 Å². The predicted molar refractivity (Wildman–Crippen MR) is 135 cm³/mol. The summed E-state index contributed by atoms with van der Waals surface area (Å²) in [5.74, 6) is 1.32. The van der Waals surface area contributed by atoms with Crippen LogP contribution in [0, 0.1) is 5.41 Å². The highest BCUT2D eigenvalue weighted by Gasteiger charge is 2.37. The second kappa shape index (κ2) is 8.63. The van der Waals surface area contributed by atoms with Crippen molar-refractivity contribution in [3.05, 3.63) is 55.0 Å². The van der Waals surface area contributed by atoms with Gasteiger partial charge in [-0.05, 0) is 66.9 Å². The number of hydrogen-bond donors (Lipinski definition) is 1. The largest absolute Gasteiger partial charge is 0.497 e. The van der Waals surface area contributed by atoms with Crippen LogP contribution >= 0.6 is 0 Å². The highest BCUT2D eigenvalue weighted by molar-refractivity contribution is 6.06. The molecule has 176 valence electrons. The summed E-state index contributed by atoms with van der Waals surface area (Å²) in [5.41, 5.74) is 12.0. The van der Waals surface area contributed by atoms with Gasteiger partial charge in [0.1, 0.15) is 23.5 Å². The summed E-state index contributed by atoms with van der Waals surface area (Å²) in [6.07, 6.45) is 10.5. The van der Waals surface area contributed by atoms with E-state index in [0.717, 1.165) is 78.8 Å². The van der Waals surface area contributed by atoms with Gasteiger partial charge in [0.2, 0.25) is 5.91 Å². The number of likely N-dealkylation sites (tertiary alicyclic amines) is 1. The number of nitrogens with two attached hydrogens (primary N) is 1. The summed E-state index contributed by atoms with van der Waals surface area (Å²) in [4.78, 5) is 22.8. The number of nitrogen functional groups attached to an aromatic ring is 1. The van der Waals surface area contributed by atoms with E-state index in [2.05, 4.69) is 40.3 Å². The zero-order valence-corrected chi connectivity index (χ0v) is 19.9. The van der Waals surface area contributed by atoms with Crippen LogP contribution in [0.15, 0.2) is 49.3 Å². The quantitative estimate of drug-likeness (QED) is 0.579. The lowest BCUT2D eigenvalue weighted by molar-refractivity contribution is -0.128. The van der Waals surface area contributed by atoms with Crippen molar-refractivity contribution in [1.82, 2.24) is 19.4 Å². The number of piperidine rings is 1. The van der Waals surface area contributed by atoms with Crippen molar-refractivity contribution in [3.63, 3.8) is 0 Å². The average Bonchev–Trinajstić information content (AvgIpc) is 3.18. The highest BCUT2D eigenvalue weighted by Crippen LogP contribution is 2.48. The molecule has 0 atom stereocenters. The fourth-order valence-electron chi connectivity index (χ4n) is 5.65. The third-order valence-corrected chi connectivity index (χ3v) is 7.68. The second-order valence-electron chi connectivity index (χ2n) is 9.43. The van der Waals surface area contributed by atoms with E-state index in [9.17, 15) is 4.79 Å². The van der Waals surface area contributed by atoms with Gasteiger partial charge in [0.25, 0.3) is 0 Å². The lowest BCUT2D eigenvalue weighted by atomic mass is 9.68. The van der Waals surface area contributed by atoms with Gasteiger partial charge in [0.15, 0.2) is 0 Å². The third-order valence-electron chi connectivity index (χ3n) is 7.68. The Morgan fingerprint density at radius 2 is 2.03 bits per heavy atom. The molecule has 1 spiro atoms. The molecule has 1 amide bonds. The fraction of sp³-hybridized carbons (Fsp3) is 0.370. The normalized spacial score (nSPS) is 17.6. The van der Waals surface area contributed by atoms with E-state index in [1.807, 2.05) is 23.1 Å². The third kappa shape index (κ3) is 3.65. The maximum absolute atomic E-state index is 12.0. The second-order valence-corrected chi connectivity index (χ2v) is 9.43. The summed E-state index contributed by atoms with van der Waals surface area (Å²) in [5, 5.41) is 0.880. The Kier molecular flexibility index (Phi) is 5.63. The number of rotatable bonds is 4. The zero-order chi connectivity index (χ0) is 23.9. The Balaban J connectivity index is 1.55. The molecule has 1 aliphatic carbocycles. The Bertz CT molecular complexity index is 1300. The molecule has 2 aliphatic rings. The minimum absolute atomic E-state index is 0.0408. The van der Waals surface area contributed by atoms with Crippen LogP contribution in [0.3, 0.4) is 0 Å². The molecule has 5 rings (SSSR count). The van der Waals surface area contributed by atoms with Gasteiger partial charge in [-0.1, -0.05) is 24.8 Å². The number of aryl methyl sites for hydroxylation is 1. The van der Waals surface area contributed by atoms with Crippen molar-refractivity contribution < 1.29 is 9.53 Å². The fourth-order valence-corrected chi connectivity index (χ4v) is 5.65. The molecule has 7 nitrogen and oxygen atoms in total. The SMILES string of the molecule is C=CC(=O)N1CCC2(CC=C(c3c(-c4cccc(OC)c4)c4c(N)ncnc4n3C)CC2)CC1. The number of aromatic nitrogens is 3. The van der Waals surface area contributed by atoms with Gasteiger partial charge in [0.05, 0.1) is 18.2 Å². The first kappa shape index (κ1) is 22.2.